The van der Waals surface area contributed by atoms with Crippen LogP contribution >= 0.6 is 0 Å². The molecule has 0 spiro atoms. The molecule has 0 aromatic carbocycles. The van der Waals surface area contributed by atoms with Gasteiger partial charge < -0.3 is 5.11 Å². The fraction of sp³-hybridized carbons (Fsp3) is 0.724. The lowest BCUT2D eigenvalue weighted by Crippen LogP contribution is -2.35. The van der Waals surface area contributed by atoms with Crippen molar-refractivity contribution in [1.82, 2.24) is 0 Å². The molecule has 0 aromatic heterocycles. The molecule has 6 atom stereocenters. The predicted molar refractivity (Wildman–Crippen MR) is 130 cm³/mol. The third-order valence-electron chi connectivity index (χ3n) is 8.63. The van der Waals surface area contributed by atoms with Crippen LogP contribution in [0.3, 0.4) is 0 Å². The van der Waals surface area contributed by atoms with Crippen molar-refractivity contribution in [2.24, 2.45) is 35.0 Å². The molecular weight excluding hydrogens is 364 g/mol. The van der Waals surface area contributed by atoms with Crippen molar-refractivity contribution < 1.29 is 5.11 Å². The van der Waals surface area contributed by atoms with Crippen molar-refractivity contribution >= 4 is 0 Å². The number of fused-ring (bicyclic) bond motifs is 1. The second-order valence-corrected chi connectivity index (χ2v) is 11.2. The first-order chi connectivity index (χ1) is 14.3. The molecule has 0 saturated heterocycles. The Morgan fingerprint density at radius 1 is 1.20 bits per heavy atom. The molecule has 30 heavy (non-hydrogen) atoms. The summed E-state index contributed by atoms with van der Waals surface area (Å²) in [4.78, 5) is 0. The zero-order valence-corrected chi connectivity index (χ0v) is 20.3. The SMILES string of the molecule is C=C1/C(=C\C=C2/CCC[C@]3(C)[C@@H]([C@H](C)/C=C/CC(C)C)CC[C@@H]23)C[C@@H](O)CC1CC. The molecule has 0 aliphatic heterocycles. The second kappa shape index (κ2) is 10.0. The van der Waals surface area contributed by atoms with E-state index in [9.17, 15) is 5.11 Å². The van der Waals surface area contributed by atoms with Gasteiger partial charge in [-0.15, -0.1) is 0 Å². The van der Waals surface area contributed by atoms with E-state index in [0.717, 1.165) is 37.0 Å². The van der Waals surface area contributed by atoms with Crippen LogP contribution in [0.4, 0.5) is 0 Å². The smallest absolute Gasteiger partial charge is 0.0586 e. The van der Waals surface area contributed by atoms with Gasteiger partial charge in [-0.05, 0) is 104 Å². The first kappa shape index (κ1) is 23.6. The Morgan fingerprint density at radius 2 is 1.97 bits per heavy atom. The maximum Gasteiger partial charge on any atom is 0.0586 e. The summed E-state index contributed by atoms with van der Waals surface area (Å²) in [5, 5.41) is 10.3. The molecule has 0 bridgehead atoms. The maximum atomic E-state index is 10.3. The van der Waals surface area contributed by atoms with Crippen LogP contribution in [0.25, 0.3) is 0 Å². The van der Waals surface area contributed by atoms with Gasteiger partial charge in [-0.1, -0.05) is 71.1 Å². The summed E-state index contributed by atoms with van der Waals surface area (Å²) in [6.07, 6.45) is 20.1. The molecule has 3 saturated carbocycles. The summed E-state index contributed by atoms with van der Waals surface area (Å²) in [5.41, 5.74) is 4.67. The highest BCUT2D eigenvalue weighted by Crippen LogP contribution is 2.59. The van der Waals surface area contributed by atoms with E-state index in [4.69, 9.17) is 0 Å². The van der Waals surface area contributed by atoms with Crippen molar-refractivity contribution in [3.8, 4) is 0 Å². The summed E-state index contributed by atoms with van der Waals surface area (Å²) in [6, 6.07) is 0. The van der Waals surface area contributed by atoms with Crippen LogP contribution in [0.1, 0.15) is 92.4 Å². The Balaban J connectivity index is 1.76. The summed E-state index contributed by atoms with van der Waals surface area (Å²) >= 11 is 0. The molecule has 0 aromatic rings. The predicted octanol–water partition coefficient (Wildman–Crippen LogP) is 8.03. The molecule has 1 N–H and O–H groups in total. The van der Waals surface area contributed by atoms with Crippen molar-refractivity contribution in [2.45, 2.75) is 98.5 Å². The second-order valence-electron chi connectivity index (χ2n) is 11.2. The quantitative estimate of drug-likeness (QED) is 0.439. The molecule has 0 amide bonds. The van der Waals surface area contributed by atoms with Gasteiger partial charge in [-0.2, -0.15) is 0 Å². The molecule has 3 fully saturated rings. The van der Waals surface area contributed by atoms with Crippen LogP contribution in [0.2, 0.25) is 0 Å². The van der Waals surface area contributed by atoms with E-state index in [1.54, 1.807) is 5.57 Å². The highest BCUT2D eigenvalue weighted by molar-refractivity contribution is 5.38. The van der Waals surface area contributed by atoms with E-state index in [0.29, 0.717) is 17.3 Å². The first-order valence-electron chi connectivity index (χ1n) is 12.7. The molecule has 168 valence electrons. The highest BCUT2D eigenvalue weighted by Gasteiger charge is 2.50. The minimum atomic E-state index is -0.198. The van der Waals surface area contributed by atoms with Gasteiger partial charge in [0.05, 0.1) is 6.10 Å². The Labute approximate surface area is 186 Å². The Bertz CT molecular complexity index is 693. The number of allylic oxidation sites excluding steroid dienone is 6. The first-order valence-corrected chi connectivity index (χ1v) is 12.7. The fourth-order valence-corrected chi connectivity index (χ4v) is 6.84. The highest BCUT2D eigenvalue weighted by atomic mass is 16.3. The van der Waals surface area contributed by atoms with Crippen molar-refractivity contribution in [2.75, 3.05) is 0 Å². The number of aliphatic hydroxyl groups excluding tert-OH is 1. The number of rotatable bonds is 6. The summed E-state index contributed by atoms with van der Waals surface area (Å²) in [5.74, 6) is 3.41. The van der Waals surface area contributed by atoms with E-state index in [-0.39, 0.29) is 6.10 Å². The van der Waals surface area contributed by atoms with E-state index in [1.165, 1.54) is 49.7 Å². The van der Waals surface area contributed by atoms with Gasteiger partial charge in [0.25, 0.3) is 0 Å². The van der Waals surface area contributed by atoms with Crippen LogP contribution in [0.5, 0.6) is 0 Å². The van der Waals surface area contributed by atoms with E-state index >= 15 is 0 Å². The van der Waals surface area contributed by atoms with Crippen molar-refractivity contribution in [1.29, 1.82) is 0 Å². The summed E-state index contributed by atoms with van der Waals surface area (Å²) in [7, 11) is 0. The van der Waals surface area contributed by atoms with Gasteiger partial charge in [0.2, 0.25) is 0 Å². The van der Waals surface area contributed by atoms with E-state index in [2.05, 4.69) is 65.5 Å². The van der Waals surface area contributed by atoms with Gasteiger partial charge in [0, 0.05) is 0 Å². The Hall–Kier alpha value is -1.08. The molecule has 0 heterocycles. The molecule has 1 nitrogen and oxygen atoms in total. The molecule has 3 aliphatic rings. The lowest BCUT2D eigenvalue weighted by Gasteiger charge is -2.44. The lowest BCUT2D eigenvalue weighted by molar-refractivity contribution is 0.112. The van der Waals surface area contributed by atoms with Crippen LogP contribution in [0.15, 0.2) is 47.6 Å². The van der Waals surface area contributed by atoms with Crippen LogP contribution in [-0.4, -0.2) is 11.2 Å². The van der Waals surface area contributed by atoms with Crippen molar-refractivity contribution in [3.63, 3.8) is 0 Å². The normalized spacial score (nSPS) is 38.7. The average molecular weight is 411 g/mol. The van der Waals surface area contributed by atoms with E-state index < -0.39 is 0 Å². The standard InChI is InChI=1S/C29H46O/c1-7-23-18-26(30)19-25(22(23)5)14-13-24-12-9-17-29(6)27(15-16-28(24)29)21(4)11-8-10-20(2)3/h8,11,13-14,20-21,23,26-28,30H,5,7,9-10,12,15-19H2,1-4,6H3/b11-8+,24-13+,25-14-/t21-,23?,26+,27-,28+,29-/m1/s1. The monoisotopic (exact) mass is 410 g/mol. The number of hydrogen-bond acceptors (Lipinski definition) is 1. The lowest BCUT2D eigenvalue weighted by atomic mass is 9.61. The van der Waals surface area contributed by atoms with Gasteiger partial charge >= 0.3 is 0 Å². The molecule has 3 aliphatic carbocycles. The van der Waals surface area contributed by atoms with Crippen LogP contribution < -0.4 is 0 Å². The largest absolute Gasteiger partial charge is 0.393 e. The number of aliphatic hydroxyl groups is 1. The van der Waals surface area contributed by atoms with Crippen molar-refractivity contribution in [3.05, 3.63) is 47.6 Å². The van der Waals surface area contributed by atoms with E-state index in [1.807, 2.05) is 0 Å². The van der Waals surface area contributed by atoms with Gasteiger partial charge in [0.1, 0.15) is 0 Å². The minimum Gasteiger partial charge on any atom is -0.393 e. The fourth-order valence-electron chi connectivity index (χ4n) is 6.84. The molecule has 3 rings (SSSR count). The third kappa shape index (κ3) is 5.04. The van der Waals surface area contributed by atoms with Crippen LogP contribution in [0, 0.1) is 35.0 Å². The van der Waals surface area contributed by atoms with Gasteiger partial charge in [0.15, 0.2) is 0 Å². The number of hydrogen-bond donors (Lipinski definition) is 1. The molecule has 1 unspecified atom stereocenters. The average Bonchev–Trinajstić information content (AvgIpc) is 3.05. The summed E-state index contributed by atoms with van der Waals surface area (Å²) in [6.45, 7) is 16.2. The third-order valence-corrected chi connectivity index (χ3v) is 8.63. The molecular formula is C29H46O. The van der Waals surface area contributed by atoms with Crippen LogP contribution in [-0.2, 0) is 0 Å². The zero-order chi connectivity index (χ0) is 21.9. The minimum absolute atomic E-state index is 0.198. The Morgan fingerprint density at radius 3 is 2.67 bits per heavy atom. The molecule has 0 radical (unpaired) electrons. The molecule has 1 heteroatoms. The summed E-state index contributed by atoms with van der Waals surface area (Å²) < 4.78 is 0. The Kier molecular flexibility index (Phi) is 7.88. The van der Waals surface area contributed by atoms with Gasteiger partial charge in [-0.25, -0.2) is 0 Å². The maximum absolute atomic E-state index is 10.3. The topological polar surface area (TPSA) is 20.2 Å². The zero-order valence-electron chi connectivity index (χ0n) is 20.3. The van der Waals surface area contributed by atoms with Gasteiger partial charge in [-0.3, -0.25) is 0 Å².